The van der Waals surface area contributed by atoms with E-state index in [9.17, 15) is 5.11 Å². The standard InChI is InChI=1S/C21H33ClN4O2.HI/c1-16-3-4-18(22)11-19(16)26-8-5-17(13-26)12-24-20(23-2)25-14-21(6-9-27)7-10-28-15-21;/h3-4,11,17,27H,5-10,12-15H2,1-2H3,(H2,23,24,25);1H. The molecular weight excluding hydrogens is 503 g/mol. The highest BCUT2D eigenvalue weighted by atomic mass is 127. The minimum Gasteiger partial charge on any atom is -0.396 e. The van der Waals surface area contributed by atoms with Crippen LogP contribution >= 0.6 is 35.6 Å². The Balaban J connectivity index is 0.00000300. The highest BCUT2D eigenvalue weighted by Crippen LogP contribution is 2.31. The molecule has 2 unspecified atom stereocenters. The number of halogens is 2. The first-order chi connectivity index (χ1) is 13.5. The lowest BCUT2D eigenvalue weighted by Crippen LogP contribution is -2.45. The number of rotatable bonds is 7. The highest BCUT2D eigenvalue weighted by Gasteiger charge is 2.34. The largest absolute Gasteiger partial charge is 0.396 e. The molecule has 0 saturated carbocycles. The quantitative estimate of drug-likeness (QED) is 0.284. The van der Waals surface area contributed by atoms with E-state index in [1.165, 1.54) is 11.3 Å². The van der Waals surface area contributed by atoms with Crippen molar-refractivity contribution in [1.82, 2.24) is 10.6 Å². The molecule has 0 bridgehead atoms. The number of aliphatic hydroxyl groups excluding tert-OH is 1. The first kappa shape index (κ1) is 24.5. The van der Waals surface area contributed by atoms with E-state index in [2.05, 4.69) is 39.6 Å². The van der Waals surface area contributed by atoms with Gasteiger partial charge in [0, 0.05) is 62.6 Å². The number of nitrogens with one attached hydrogen (secondary N) is 2. The Morgan fingerprint density at radius 1 is 1.41 bits per heavy atom. The fourth-order valence-corrected chi connectivity index (χ4v) is 4.35. The maximum atomic E-state index is 9.37. The van der Waals surface area contributed by atoms with Crippen LogP contribution < -0.4 is 15.5 Å². The van der Waals surface area contributed by atoms with Crippen molar-refractivity contribution in [3.05, 3.63) is 28.8 Å². The van der Waals surface area contributed by atoms with Crippen LogP contribution in [0.1, 0.15) is 24.8 Å². The third-order valence-electron chi connectivity index (χ3n) is 6.04. The summed E-state index contributed by atoms with van der Waals surface area (Å²) in [5, 5.41) is 17.1. The lowest BCUT2D eigenvalue weighted by atomic mass is 9.84. The van der Waals surface area contributed by atoms with Gasteiger partial charge in [0.05, 0.1) is 6.61 Å². The van der Waals surface area contributed by atoms with Crippen LogP contribution in [0.4, 0.5) is 5.69 Å². The Bertz CT molecular complexity index is 683. The number of hydrogen-bond acceptors (Lipinski definition) is 4. The second kappa shape index (κ2) is 11.6. The van der Waals surface area contributed by atoms with E-state index in [0.29, 0.717) is 12.5 Å². The second-order valence-electron chi connectivity index (χ2n) is 8.11. The van der Waals surface area contributed by atoms with Gasteiger partial charge >= 0.3 is 0 Å². The summed E-state index contributed by atoms with van der Waals surface area (Å²) in [5.41, 5.74) is 2.52. The number of hydrogen-bond donors (Lipinski definition) is 3. The van der Waals surface area contributed by atoms with Crippen LogP contribution in [0, 0.1) is 18.3 Å². The molecule has 0 aliphatic carbocycles. The molecule has 8 heteroatoms. The number of aliphatic hydroxyl groups is 1. The predicted molar refractivity (Wildman–Crippen MR) is 131 cm³/mol. The number of nitrogens with zero attached hydrogens (tertiary/aromatic N) is 2. The van der Waals surface area contributed by atoms with Crippen molar-refractivity contribution in [3.63, 3.8) is 0 Å². The Labute approximate surface area is 196 Å². The summed E-state index contributed by atoms with van der Waals surface area (Å²) in [4.78, 5) is 6.79. The highest BCUT2D eigenvalue weighted by molar-refractivity contribution is 14.0. The summed E-state index contributed by atoms with van der Waals surface area (Å²) in [7, 11) is 1.80. The Kier molecular flexibility index (Phi) is 9.78. The van der Waals surface area contributed by atoms with Gasteiger partial charge in [0.15, 0.2) is 5.96 Å². The average molecular weight is 537 g/mol. The number of ether oxygens (including phenoxy) is 1. The predicted octanol–water partition coefficient (Wildman–Crippen LogP) is 3.05. The number of benzene rings is 1. The summed E-state index contributed by atoms with van der Waals surface area (Å²) >= 11 is 6.19. The second-order valence-corrected chi connectivity index (χ2v) is 8.55. The van der Waals surface area contributed by atoms with E-state index < -0.39 is 0 Å². The van der Waals surface area contributed by atoms with E-state index in [4.69, 9.17) is 16.3 Å². The smallest absolute Gasteiger partial charge is 0.191 e. The molecule has 1 aromatic rings. The molecule has 0 amide bonds. The van der Waals surface area contributed by atoms with Crippen LogP contribution in [0.15, 0.2) is 23.2 Å². The average Bonchev–Trinajstić information content (AvgIpc) is 3.34. The molecule has 2 atom stereocenters. The van der Waals surface area contributed by atoms with Crippen molar-refractivity contribution in [1.29, 1.82) is 0 Å². The van der Waals surface area contributed by atoms with Gasteiger partial charge in [0.2, 0.25) is 0 Å². The fourth-order valence-electron chi connectivity index (χ4n) is 4.19. The summed E-state index contributed by atoms with van der Waals surface area (Å²) < 4.78 is 5.57. The summed E-state index contributed by atoms with van der Waals surface area (Å²) in [5.74, 6) is 1.39. The zero-order valence-electron chi connectivity index (χ0n) is 17.4. The van der Waals surface area contributed by atoms with Gasteiger partial charge in [-0.3, -0.25) is 4.99 Å². The van der Waals surface area contributed by atoms with Gasteiger partial charge in [-0.15, -0.1) is 24.0 Å². The van der Waals surface area contributed by atoms with E-state index in [1.54, 1.807) is 7.05 Å². The summed E-state index contributed by atoms with van der Waals surface area (Å²) in [6, 6.07) is 6.10. The first-order valence-electron chi connectivity index (χ1n) is 10.2. The number of guanidine groups is 1. The number of anilines is 1. The summed E-state index contributed by atoms with van der Waals surface area (Å²) in [6.07, 6.45) is 2.89. The van der Waals surface area contributed by atoms with Gasteiger partial charge in [-0.05, 0) is 49.8 Å². The molecule has 2 saturated heterocycles. The lowest BCUT2D eigenvalue weighted by molar-refractivity contribution is 0.127. The van der Waals surface area contributed by atoms with Crippen molar-refractivity contribution < 1.29 is 9.84 Å². The maximum Gasteiger partial charge on any atom is 0.191 e. The molecule has 3 rings (SSSR count). The Morgan fingerprint density at radius 3 is 2.93 bits per heavy atom. The molecule has 0 radical (unpaired) electrons. The molecule has 0 spiro atoms. The minimum absolute atomic E-state index is 0. The van der Waals surface area contributed by atoms with E-state index >= 15 is 0 Å². The SMILES string of the molecule is CN=C(NCC1CCN(c2cc(Cl)ccc2C)C1)NCC1(CCO)CCOC1.I. The van der Waals surface area contributed by atoms with Crippen LogP contribution in [0.3, 0.4) is 0 Å². The van der Waals surface area contributed by atoms with Gasteiger partial charge < -0.3 is 25.4 Å². The van der Waals surface area contributed by atoms with Crippen LogP contribution in [-0.2, 0) is 4.74 Å². The first-order valence-corrected chi connectivity index (χ1v) is 10.6. The maximum absolute atomic E-state index is 9.37. The molecule has 29 heavy (non-hydrogen) atoms. The van der Waals surface area contributed by atoms with Crippen molar-refractivity contribution in [3.8, 4) is 0 Å². The van der Waals surface area contributed by atoms with E-state index in [1.807, 2.05) is 6.07 Å². The molecule has 2 aliphatic rings. The monoisotopic (exact) mass is 536 g/mol. The molecular formula is C21H34ClIN4O2. The molecule has 3 N–H and O–H groups in total. The normalized spacial score (nSPS) is 24.5. The van der Waals surface area contributed by atoms with Crippen molar-refractivity contribution in [2.75, 3.05) is 57.9 Å². The third kappa shape index (κ3) is 6.60. The van der Waals surface area contributed by atoms with E-state index in [0.717, 1.165) is 63.0 Å². The topological polar surface area (TPSA) is 69.1 Å². The van der Waals surface area contributed by atoms with Crippen molar-refractivity contribution in [2.24, 2.45) is 16.3 Å². The minimum atomic E-state index is 0. The molecule has 2 aliphatic heterocycles. The summed E-state index contributed by atoms with van der Waals surface area (Å²) in [6.45, 7) is 7.54. The Hall–Kier alpha value is -0.770. The molecule has 2 heterocycles. The number of aryl methyl sites for hydroxylation is 1. The zero-order chi connectivity index (χ0) is 20.0. The Morgan fingerprint density at radius 2 is 2.24 bits per heavy atom. The van der Waals surface area contributed by atoms with Crippen LogP contribution in [0.5, 0.6) is 0 Å². The van der Waals surface area contributed by atoms with Gasteiger partial charge in [-0.1, -0.05) is 17.7 Å². The van der Waals surface area contributed by atoms with Gasteiger partial charge in [-0.25, -0.2) is 0 Å². The van der Waals surface area contributed by atoms with Crippen molar-refractivity contribution >= 4 is 47.2 Å². The van der Waals surface area contributed by atoms with E-state index in [-0.39, 0.29) is 36.0 Å². The zero-order valence-corrected chi connectivity index (χ0v) is 20.5. The molecule has 6 nitrogen and oxygen atoms in total. The number of aliphatic imine (C=N–C) groups is 1. The molecule has 2 fully saturated rings. The molecule has 1 aromatic carbocycles. The van der Waals surface area contributed by atoms with Crippen molar-refractivity contribution in [2.45, 2.75) is 26.2 Å². The lowest BCUT2D eigenvalue weighted by Gasteiger charge is -2.28. The van der Waals surface area contributed by atoms with Gasteiger partial charge in [-0.2, -0.15) is 0 Å². The van der Waals surface area contributed by atoms with Gasteiger partial charge in [0.1, 0.15) is 0 Å². The van der Waals surface area contributed by atoms with Crippen LogP contribution in [0.25, 0.3) is 0 Å². The fraction of sp³-hybridized carbons (Fsp3) is 0.667. The van der Waals surface area contributed by atoms with Crippen LogP contribution in [-0.4, -0.2) is 64.1 Å². The van der Waals surface area contributed by atoms with Crippen LogP contribution in [0.2, 0.25) is 5.02 Å². The van der Waals surface area contributed by atoms with Gasteiger partial charge in [0.25, 0.3) is 0 Å². The molecule has 164 valence electrons. The molecule has 0 aromatic heterocycles. The third-order valence-corrected chi connectivity index (χ3v) is 6.27.